The molecule has 6 aromatic rings. The summed E-state index contributed by atoms with van der Waals surface area (Å²) in [6.07, 6.45) is -16.4. The number of allylic oxidation sites excluding steroid dienone is 2. The number of halogens is 12. The smallest absolute Gasteiger partial charge is 0.166 e. The van der Waals surface area contributed by atoms with E-state index in [9.17, 15) is 52.7 Å². The van der Waals surface area contributed by atoms with Gasteiger partial charge in [0.25, 0.3) is 0 Å². The fourth-order valence-corrected chi connectivity index (χ4v) is 12.2. The van der Waals surface area contributed by atoms with Crippen molar-refractivity contribution >= 4 is 32.8 Å². The highest BCUT2D eigenvalue weighted by atomic mass is 28.2. The van der Waals surface area contributed by atoms with E-state index in [1.165, 1.54) is 0 Å². The number of rotatable bonds is 10. The van der Waals surface area contributed by atoms with Gasteiger partial charge in [0.05, 0.1) is 22.3 Å². The highest BCUT2D eigenvalue weighted by molar-refractivity contribution is 6.37. The first-order valence-electron chi connectivity index (χ1n) is 21.9. The SMILES string of the molecule is CC(C)c1ccc2c(c1-c1cc(C(F)(F)F)cc(C(F)(F)F)c1)C=C(c1ccccc1)C2C[SiH2]CC1C(c2ccccc2)=Cc2c1ccc(C(C)C)c2-c1cc(C(F)(F)F)cc(C(F)(F)F)c1. The molecule has 2 aliphatic rings. The Labute approximate surface area is 382 Å². The van der Waals surface area contributed by atoms with Gasteiger partial charge in [-0.15, -0.1) is 0 Å². The van der Waals surface area contributed by atoms with Gasteiger partial charge in [0, 0.05) is 21.4 Å². The number of fused-ring (bicyclic) bond motifs is 2. The molecule has 67 heavy (non-hydrogen) atoms. The van der Waals surface area contributed by atoms with Crippen LogP contribution < -0.4 is 0 Å². The normalized spacial score (nSPS) is 16.6. The fourth-order valence-electron chi connectivity index (χ4n) is 9.85. The van der Waals surface area contributed by atoms with Gasteiger partial charge in [-0.3, -0.25) is 0 Å². The van der Waals surface area contributed by atoms with Gasteiger partial charge >= 0.3 is 24.7 Å². The molecular weight excluding hydrogens is 905 g/mol. The predicted molar refractivity (Wildman–Crippen MR) is 244 cm³/mol. The zero-order valence-corrected chi connectivity index (χ0v) is 38.1. The Morgan fingerprint density at radius 2 is 0.716 bits per heavy atom. The van der Waals surface area contributed by atoms with Crippen molar-refractivity contribution in [3.05, 3.63) is 188 Å². The van der Waals surface area contributed by atoms with Crippen LogP contribution in [0.5, 0.6) is 0 Å². The van der Waals surface area contributed by atoms with Crippen LogP contribution in [-0.2, 0) is 24.7 Å². The van der Waals surface area contributed by atoms with Gasteiger partial charge in [0.15, 0.2) is 0 Å². The molecule has 0 aliphatic heterocycles. The highest BCUT2D eigenvalue weighted by Crippen LogP contribution is 2.53. The van der Waals surface area contributed by atoms with Crippen molar-refractivity contribution in [3.63, 3.8) is 0 Å². The van der Waals surface area contributed by atoms with Crippen LogP contribution in [0.4, 0.5) is 52.7 Å². The maximum Gasteiger partial charge on any atom is 0.416 e. The molecule has 0 saturated carbocycles. The minimum Gasteiger partial charge on any atom is -0.166 e. The van der Waals surface area contributed by atoms with E-state index in [0.29, 0.717) is 45.5 Å². The van der Waals surface area contributed by atoms with Crippen LogP contribution in [0.2, 0.25) is 12.1 Å². The van der Waals surface area contributed by atoms with Gasteiger partial charge in [-0.25, -0.2) is 0 Å². The average Bonchev–Trinajstić information content (AvgIpc) is 3.83. The second-order valence-electron chi connectivity index (χ2n) is 17.9. The van der Waals surface area contributed by atoms with Crippen molar-refractivity contribution in [1.82, 2.24) is 0 Å². The van der Waals surface area contributed by atoms with E-state index >= 15 is 0 Å². The van der Waals surface area contributed by atoms with Crippen molar-refractivity contribution in [3.8, 4) is 22.3 Å². The first-order valence-corrected chi connectivity index (χ1v) is 23.9. The van der Waals surface area contributed by atoms with Gasteiger partial charge in [0.2, 0.25) is 0 Å². The van der Waals surface area contributed by atoms with Gasteiger partial charge in [-0.05, 0) is 138 Å². The molecule has 0 N–H and O–H groups in total. The molecule has 0 bridgehead atoms. The molecule has 2 aliphatic carbocycles. The van der Waals surface area contributed by atoms with Crippen LogP contribution in [0.15, 0.2) is 121 Å². The maximum absolute atomic E-state index is 14.2. The van der Waals surface area contributed by atoms with E-state index in [4.69, 9.17) is 0 Å². The molecule has 0 heterocycles. The zero-order valence-electron chi connectivity index (χ0n) is 36.7. The van der Waals surface area contributed by atoms with Crippen molar-refractivity contribution < 1.29 is 52.7 Å². The molecule has 2 unspecified atom stereocenters. The lowest BCUT2D eigenvalue weighted by Crippen LogP contribution is -2.12. The lowest BCUT2D eigenvalue weighted by molar-refractivity contribution is -0.144. The first-order chi connectivity index (χ1) is 31.4. The van der Waals surface area contributed by atoms with Gasteiger partial charge in [-0.1, -0.05) is 125 Å². The van der Waals surface area contributed by atoms with Gasteiger partial charge in [0.1, 0.15) is 0 Å². The van der Waals surface area contributed by atoms with Crippen LogP contribution >= 0.6 is 0 Å². The Balaban J connectivity index is 1.24. The summed E-state index contributed by atoms with van der Waals surface area (Å²) in [7, 11) is -1.18. The van der Waals surface area contributed by atoms with Gasteiger partial charge in [-0.2, -0.15) is 52.7 Å². The Morgan fingerprint density at radius 3 is 1.00 bits per heavy atom. The summed E-state index contributed by atoms with van der Waals surface area (Å²) in [6, 6.07) is 30.8. The molecule has 8 rings (SSSR count). The Bertz CT molecular complexity index is 2620. The molecule has 2 atom stereocenters. The van der Waals surface area contributed by atoms with Gasteiger partial charge < -0.3 is 0 Å². The third-order valence-corrected chi connectivity index (χ3v) is 14.9. The van der Waals surface area contributed by atoms with Crippen molar-refractivity contribution in [2.75, 3.05) is 0 Å². The molecule has 6 aromatic carbocycles. The Kier molecular flexibility index (Phi) is 12.6. The summed E-state index contributed by atoms with van der Waals surface area (Å²) in [5.41, 5.74) is 1.86. The highest BCUT2D eigenvalue weighted by Gasteiger charge is 2.40. The number of alkyl halides is 12. The van der Waals surface area contributed by atoms with E-state index in [0.717, 1.165) is 57.7 Å². The van der Waals surface area contributed by atoms with Crippen LogP contribution in [-0.4, -0.2) is 9.52 Å². The molecule has 0 aromatic heterocycles. The van der Waals surface area contributed by atoms with Crippen LogP contribution in [0.1, 0.15) is 118 Å². The summed E-state index contributed by atoms with van der Waals surface area (Å²) < 4.78 is 171. The molecule has 0 amide bonds. The molecular formula is C54H44F12Si. The second kappa shape index (κ2) is 17.7. The topological polar surface area (TPSA) is 0 Å². The minimum atomic E-state index is -5.05. The molecule has 0 radical (unpaired) electrons. The predicted octanol–water partition coefficient (Wildman–Crippen LogP) is 17.3. The zero-order chi connectivity index (χ0) is 48.4. The standard InChI is InChI=1S/C54H44F12Si/c1-29(2)39-15-17-41-45(49(39)33-19-35(51(55,56)57)23-36(20-33)52(58,59)60)25-43(31-11-7-5-8-12-31)47(41)27-67-28-48-42-18-16-40(30(3)4)50(46(42)26-44(48)32-13-9-6-10-14-32)34-21-37(53(61,62)63)24-38(22-34)54(64,65)66/h5-26,29-30,47-48H,27-28,67H2,1-4H3. The number of hydrogen-bond acceptors (Lipinski definition) is 0. The Morgan fingerprint density at radius 1 is 0.403 bits per heavy atom. The number of hydrogen-bond donors (Lipinski definition) is 0. The summed E-state index contributed by atoms with van der Waals surface area (Å²) in [5.74, 6) is -1.11. The van der Waals surface area contributed by atoms with Crippen LogP contribution in [0, 0.1) is 0 Å². The fraction of sp³-hybridized carbons (Fsp3) is 0.259. The van der Waals surface area contributed by atoms with Crippen molar-refractivity contribution in [2.24, 2.45) is 0 Å². The summed E-state index contributed by atoms with van der Waals surface area (Å²) >= 11 is 0. The molecule has 0 fully saturated rings. The average molecular weight is 949 g/mol. The second-order valence-corrected chi connectivity index (χ2v) is 19.8. The maximum atomic E-state index is 14.2. The van der Waals surface area contributed by atoms with Crippen LogP contribution in [0.25, 0.3) is 45.6 Å². The molecule has 13 heteroatoms. The van der Waals surface area contributed by atoms with Crippen LogP contribution in [0.3, 0.4) is 0 Å². The molecule has 0 spiro atoms. The van der Waals surface area contributed by atoms with Crippen molar-refractivity contribution in [2.45, 2.75) is 88.2 Å². The van der Waals surface area contributed by atoms with E-state index in [-0.39, 0.29) is 46.9 Å². The largest absolute Gasteiger partial charge is 0.416 e. The summed E-state index contributed by atoms with van der Waals surface area (Å²) in [4.78, 5) is 0. The minimum absolute atomic E-state index is 0.132. The molecule has 348 valence electrons. The monoisotopic (exact) mass is 948 g/mol. The third-order valence-electron chi connectivity index (χ3n) is 12.9. The van der Waals surface area contributed by atoms with E-state index in [1.807, 2.05) is 113 Å². The lowest BCUT2D eigenvalue weighted by atomic mass is 9.84. The van der Waals surface area contributed by atoms with Crippen molar-refractivity contribution in [1.29, 1.82) is 0 Å². The summed E-state index contributed by atoms with van der Waals surface area (Å²) in [6.45, 7) is 7.33. The quantitative estimate of drug-likeness (QED) is 0.0948. The third kappa shape index (κ3) is 9.53. The number of benzene rings is 6. The van der Waals surface area contributed by atoms with E-state index < -0.39 is 56.5 Å². The lowest BCUT2D eigenvalue weighted by Gasteiger charge is -2.24. The van der Waals surface area contributed by atoms with E-state index in [2.05, 4.69) is 0 Å². The summed E-state index contributed by atoms with van der Waals surface area (Å²) in [5, 5.41) is 0. The first kappa shape index (κ1) is 47.7. The van der Waals surface area contributed by atoms with E-state index in [1.54, 1.807) is 12.1 Å². The Hall–Kier alpha value is -5.82. The molecule has 0 nitrogen and oxygen atoms in total. The molecule has 0 saturated heterocycles.